The van der Waals surface area contributed by atoms with Gasteiger partial charge in [0.1, 0.15) is 0 Å². The summed E-state index contributed by atoms with van der Waals surface area (Å²) in [5, 5.41) is 3.85. The van der Waals surface area contributed by atoms with Gasteiger partial charge in [0, 0.05) is 21.8 Å². The summed E-state index contributed by atoms with van der Waals surface area (Å²) in [7, 11) is 1.63. The van der Waals surface area contributed by atoms with E-state index in [2.05, 4.69) is 5.16 Å². The molecule has 6 heteroatoms. The van der Waals surface area contributed by atoms with Gasteiger partial charge in [0.15, 0.2) is 5.76 Å². The highest BCUT2D eigenvalue weighted by Gasteiger charge is 2.17. The van der Waals surface area contributed by atoms with Crippen molar-refractivity contribution in [3.8, 4) is 11.3 Å². The number of hydrogen-bond donors (Lipinski definition) is 0. The summed E-state index contributed by atoms with van der Waals surface area (Å²) in [4.78, 5) is 0.0927. The minimum absolute atomic E-state index is 0.0927. The molecule has 0 saturated carbocycles. The van der Waals surface area contributed by atoms with Crippen molar-refractivity contribution < 1.29 is 12.9 Å². The Morgan fingerprint density at radius 1 is 1.22 bits per heavy atom. The molecular formula is C12H12ClNO3S. The Morgan fingerprint density at radius 3 is 2.39 bits per heavy atom. The molecule has 0 fully saturated rings. The number of aryl methyl sites for hydroxylation is 2. The van der Waals surface area contributed by atoms with Crippen LogP contribution in [0.4, 0.5) is 0 Å². The highest BCUT2D eigenvalue weighted by atomic mass is 35.7. The van der Waals surface area contributed by atoms with E-state index < -0.39 is 9.05 Å². The van der Waals surface area contributed by atoms with Gasteiger partial charge in [-0.05, 0) is 32.4 Å². The van der Waals surface area contributed by atoms with Crippen LogP contribution in [-0.4, -0.2) is 13.6 Å². The van der Waals surface area contributed by atoms with Gasteiger partial charge in [0.2, 0.25) is 0 Å². The van der Waals surface area contributed by atoms with Crippen molar-refractivity contribution in [3.63, 3.8) is 0 Å². The van der Waals surface area contributed by atoms with Crippen LogP contribution in [0.1, 0.15) is 16.8 Å². The van der Waals surface area contributed by atoms with Gasteiger partial charge in [-0.2, -0.15) is 0 Å². The van der Waals surface area contributed by atoms with Crippen molar-refractivity contribution in [1.82, 2.24) is 5.16 Å². The number of rotatable bonds is 2. The first-order chi connectivity index (χ1) is 8.30. The van der Waals surface area contributed by atoms with E-state index in [9.17, 15) is 8.42 Å². The van der Waals surface area contributed by atoms with Crippen LogP contribution in [0.2, 0.25) is 0 Å². The van der Waals surface area contributed by atoms with Gasteiger partial charge in [0.25, 0.3) is 9.05 Å². The van der Waals surface area contributed by atoms with Crippen LogP contribution >= 0.6 is 10.7 Å². The number of aromatic nitrogens is 1. The zero-order chi connectivity index (χ0) is 13.5. The van der Waals surface area contributed by atoms with Crippen LogP contribution in [0.3, 0.4) is 0 Å². The summed E-state index contributed by atoms with van der Waals surface area (Å²) < 4.78 is 28.1. The molecule has 0 aliphatic heterocycles. The second-order valence-electron chi connectivity index (χ2n) is 4.14. The van der Waals surface area contributed by atoms with Crippen molar-refractivity contribution >= 4 is 19.7 Å². The molecule has 1 aromatic heterocycles. The molecule has 0 radical (unpaired) electrons. The highest BCUT2D eigenvalue weighted by molar-refractivity contribution is 8.13. The van der Waals surface area contributed by atoms with Crippen molar-refractivity contribution in [2.45, 2.75) is 25.7 Å². The number of nitrogens with zero attached hydrogens (tertiary/aromatic N) is 1. The quantitative estimate of drug-likeness (QED) is 0.795. The minimum atomic E-state index is -3.76. The lowest BCUT2D eigenvalue weighted by atomic mass is 10.1. The van der Waals surface area contributed by atoms with E-state index in [1.165, 1.54) is 6.07 Å². The van der Waals surface area contributed by atoms with Crippen molar-refractivity contribution in [3.05, 3.63) is 35.0 Å². The first-order valence-corrected chi connectivity index (χ1v) is 7.60. The monoisotopic (exact) mass is 285 g/mol. The van der Waals surface area contributed by atoms with Crippen molar-refractivity contribution in [2.75, 3.05) is 0 Å². The Bertz CT molecular complexity index is 704. The molecule has 2 aromatic rings. The molecule has 4 nitrogen and oxygen atoms in total. The van der Waals surface area contributed by atoms with Crippen LogP contribution in [-0.2, 0) is 9.05 Å². The van der Waals surface area contributed by atoms with Gasteiger partial charge in [-0.3, -0.25) is 0 Å². The highest BCUT2D eigenvalue weighted by Crippen LogP contribution is 2.29. The normalized spacial score (nSPS) is 11.8. The zero-order valence-corrected chi connectivity index (χ0v) is 11.8. The Labute approximate surface area is 110 Å². The first kappa shape index (κ1) is 13.1. The van der Waals surface area contributed by atoms with Gasteiger partial charge in [-0.25, -0.2) is 8.42 Å². The topological polar surface area (TPSA) is 60.2 Å². The largest absolute Gasteiger partial charge is 0.356 e. The fraction of sp³-hybridized carbons (Fsp3) is 0.250. The van der Waals surface area contributed by atoms with E-state index in [1.54, 1.807) is 19.1 Å². The lowest BCUT2D eigenvalue weighted by Crippen LogP contribution is -1.95. The Kier molecular flexibility index (Phi) is 3.21. The Morgan fingerprint density at radius 2 is 1.89 bits per heavy atom. The third-order valence-electron chi connectivity index (χ3n) is 2.87. The van der Waals surface area contributed by atoms with E-state index in [0.717, 1.165) is 11.3 Å². The number of halogens is 1. The molecule has 1 heterocycles. The SMILES string of the molecule is Cc1ccc(-c2onc(C)c2C)cc1S(=O)(=O)Cl. The molecule has 18 heavy (non-hydrogen) atoms. The number of hydrogen-bond acceptors (Lipinski definition) is 4. The maximum atomic E-state index is 11.4. The summed E-state index contributed by atoms with van der Waals surface area (Å²) in [6.45, 7) is 5.39. The van der Waals surface area contributed by atoms with Gasteiger partial charge in [-0.15, -0.1) is 0 Å². The van der Waals surface area contributed by atoms with Crippen LogP contribution in [0, 0.1) is 20.8 Å². The molecule has 0 aliphatic carbocycles. The smallest absolute Gasteiger partial charge is 0.261 e. The molecule has 0 spiro atoms. The molecule has 0 amide bonds. The van der Waals surface area contributed by atoms with Crippen molar-refractivity contribution in [2.24, 2.45) is 0 Å². The molecule has 0 unspecified atom stereocenters. The molecule has 2 rings (SSSR count). The third-order valence-corrected chi connectivity index (χ3v) is 4.33. The summed E-state index contributed by atoms with van der Waals surface area (Å²) in [6, 6.07) is 4.99. The van der Waals surface area contributed by atoms with Crippen LogP contribution < -0.4 is 0 Å². The summed E-state index contributed by atoms with van der Waals surface area (Å²) in [5.74, 6) is 0.564. The van der Waals surface area contributed by atoms with E-state index in [4.69, 9.17) is 15.2 Å². The maximum Gasteiger partial charge on any atom is 0.261 e. The summed E-state index contributed by atoms with van der Waals surface area (Å²) in [6.07, 6.45) is 0. The molecule has 0 N–H and O–H groups in total. The van der Waals surface area contributed by atoms with E-state index >= 15 is 0 Å². The molecule has 96 valence electrons. The molecule has 1 aromatic carbocycles. The van der Waals surface area contributed by atoms with E-state index in [-0.39, 0.29) is 4.90 Å². The lowest BCUT2D eigenvalue weighted by Gasteiger charge is -2.04. The molecule has 0 bridgehead atoms. The molecular weight excluding hydrogens is 274 g/mol. The maximum absolute atomic E-state index is 11.4. The second-order valence-corrected chi connectivity index (χ2v) is 6.67. The molecule has 0 aliphatic rings. The van der Waals surface area contributed by atoms with Crippen LogP contribution in [0.5, 0.6) is 0 Å². The second kappa shape index (κ2) is 4.40. The van der Waals surface area contributed by atoms with Crippen molar-refractivity contribution in [1.29, 1.82) is 0 Å². The standard InChI is InChI=1S/C12H12ClNO3S/c1-7-4-5-10(6-11(7)18(13,15)16)12-8(2)9(3)14-17-12/h4-6H,1-3H3. The van der Waals surface area contributed by atoms with Gasteiger partial charge in [0.05, 0.1) is 10.6 Å². The van der Waals surface area contributed by atoms with E-state index in [0.29, 0.717) is 16.9 Å². The summed E-state index contributed by atoms with van der Waals surface area (Å²) >= 11 is 0. The summed E-state index contributed by atoms with van der Waals surface area (Å²) in [5.41, 5.74) is 2.91. The van der Waals surface area contributed by atoms with Crippen LogP contribution in [0.25, 0.3) is 11.3 Å². The van der Waals surface area contributed by atoms with Gasteiger partial charge < -0.3 is 4.52 Å². The lowest BCUT2D eigenvalue weighted by molar-refractivity contribution is 0.427. The van der Waals surface area contributed by atoms with Gasteiger partial charge >= 0.3 is 0 Å². The fourth-order valence-corrected chi connectivity index (χ4v) is 2.91. The predicted octanol–water partition coefficient (Wildman–Crippen LogP) is 3.19. The Hall–Kier alpha value is -1.33. The number of benzene rings is 1. The average molecular weight is 286 g/mol. The molecule has 0 saturated heterocycles. The first-order valence-electron chi connectivity index (χ1n) is 5.29. The van der Waals surface area contributed by atoms with Crippen LogP contribution in [0.15, 0.2) is 27.6 Å². The minimum Gasteiger partial charge on any atom is -0.356 e. The van der Waals surface area contributed by atoms with Gasteiger partial charge in [-0.1, -0.05) is 17.3 Å². The predicted molar refractivity (Wildman–Crippen MR) is 69.2 cm³/mol. The molecule has 0 atom stereocenters. The third kappa shape index (κ3) is 2.28. The van der Waals surface area contributed by atoms with E-state index in [1.807, 2.05) is 13.8 Å². The Balaban J connectivity index is 2.65. The fourth-order valence-electron chi connectivity index (χ4n) is 1.69. The zero-order valence-electron chi connectivity index (χ0n) is 10.2. The average Bonchev–Trinajstić information content (AvgIpc) is 2.59.